The molecule has 0 fully saturated rings. The van der Waals surface area contributed by atoms with Gasteiger partial charge in [-0.15, -0.1) is 0 Å². The minimum absolute atomic E-state index is 0.0766. The molecule has 0 unspecified atom stereocenters. The van der Waals surface area contributed by atoms with Gasteiger partial charge in [0.05, 0.1) is 19.4 Å². The van der Waals surface area contributed by atoms with Crippen LogP contribution in [-0.4, -0.2) is 36.4 Å². The van der Waals surface area contributed by atoms with Gasteiger partial charge >= 0.3 is 0 Å². The Morgan fingerprint density at radius 2 is 2.36 bits per heavy atom. The van der Waals surface area contributed by atoms with E-state index in [4.69, 9.17) is 9.57 Å². The highest BCUT2D eigenvalue weighted by Crippen LogP contribution is 2.26. The third-order valence-corrected chi connectivity index (χ3v) is 4.15. The van der Waals surface area contributed by atoms with Crippen molar-refractivity contribution in [2.24, 2.45) is 5.16 Å². The monoisotopic (exact) mass is 303 g/mol. The first kappa shape index (κ1) is 14.8. The number of ether oxygens (including phenoxy) is 1. The Labute approximate surface area is 129 Å². The van der Waals surface area contributed by atoms with Gasteiger partial charge < -0.3 is 14.9 Å². The zero-order valence-corrected chi connectivity index (χ0v) is 13.0. The van der Waals surface area contributed by atoms with Crippen molar-refractivity contribution in [1.29, 1.82) is 0 Å². The predicted octanol–water partition coefficient (Wildman–Crippen LogP) is 1.86. The minimum atomic E-state index is -0.174. The molecule has 2 aliphatic rings. The van der Waals surface area contributed by atoms with Crippen molar-refractivity contribution < 1.29 is 14.4 Å². The fourth-order valence-electron chi connectivity index (χ4n) is 2.88. The Morgan fingerprint density at radius 3 is 3.09 bits per heavy atom. The Bertz CT molecular complexity index is 613. The number of hydrogen-bond acceptors (Lipinski definition) is 5. The molecule has 1 aliphatic carbocycles. The largest absolute Gasteiger partial charge is 0.480 e. The second-order valence-corrected chi connectivity index (χ2v) is 5.66. The molecule has 0 saturated carbocycles. The van der Waals surface area contributed by atoms with Gasteiger partial charge in [-0.05, 0) is 37.3 Å². The van der Waals surface area contributed by atoms with E-state index in [0.717, 1.165) is 49.1 Å². The van der Waals surface area contributed by atoms with Crippen LogP contribution >= 0.6 is 0 Å². The maximum Gasteiger partial charge on any atom is 0.256 e. The standard InChI is InChI=1S/C16H21N3O3/c1-3-11-8-12(22-19-11)9-17-15(20)13-7-10-5-4-6-14(10)18-16(13)21-2/h7,12H,3-6,8-9H2,1-2H3,(H,17,20)/t12-/m0/s1. The van der Waals surface area contributed by atoms with Gasteiger partial charge in [0.15, 0.2) is 0 Å². The molecule has 2 heterocycles. The maximum atomic E-state index is 12.4. The van der Waals surface area contributed by atoms with Gasteiger partial charge in [0, 0.05) is 12.1 Å². The summed E-state index contributed by atoms with van der Waals surface area (Å²) in [5.41, 5.74) is 3.74. The lowest BCUT2D eigenvalue weighted by molar-refractivity contribution is 0.0751. The summed E-state index contributed by atoms with van der Waals surface area (Å²) >= 11 is 0. The predicted molar refractivity (Wildman–Crippen MR) is 82.4 cm³/mol. The number of nitrogens with zero attached hydrogens (tertiary/aromatic N) is 2. The number of amides is 1. The highest BCUT2D eigenvalue weighted by molar-refractivity contribution is 5.96. The smallest absolute Gasteiger partial charge is 0.256 e. The molecule has 0 spiro atoms. The number of aromatic nitrogens is 1. The molecular weight excluding hydrogens is 282 g/mol. The number of oxime groups is 1. The molecule has 0 saturated heterocycles. The molecule has 22 heavy (non-hydrogen) atoms. The third kappa shape index (κ3) is 2.91. The molecular formula is C16H21N3O3. The van der Waals surface area contributed by atoms with Gasteiger partial charge in [0.1, 0.15) is 11.7 Å². The van der Waals surface area contributed by atoms with Crippen LogP contribution in [0, 0.1) is 0 Å². The van der Waals surface area contributed by atoms with E-state index in [9.17, 15) is 4.79 Å². The Balaban J connectivity index is 1.65. The van der Waals surface area contributed by atoms with Crippen LogP contribution in [0.25, 0.3) is 0 Å². The fraction of sp³-hybridized carbons (Fsp3) is 0.562. The molecule has 118 valence electrons. The molecule has 1 N–H and O–H groups in total. The van der Waals surface area contributed by atoms with Gasteiger partial charge in [-0.1, -0.05) is 12.1 Å². The van der Waals surface area contributed by atoms with Gasteiger partial charge in [0.2, 0.25) is 5.88 Å². The molecule has 3 rings (SSSR count). The summed E-state index contributed by atoms with van der Waals surface area (Å²) in [6, 6.07) is 1.91. The number of carbonyl (C=O) groups excluding carboxylic acids is 1. The van der Waals surface area contributed by atoms with Crippen molar-refractivity contribution in [3.8, 4) is 5.88 Å². The Morgan fingerprint density at radius 1 is 1.50 bits per heavy atom. The lowest BCUT2D eigenvalue weighted by Gasteiger charge is -2.13. The summed E-state index contributed by atoms with van der Waals surface area (Å²) in [5, 5.41) is 6.89. The zero-order valence-electron chi connectivity index (χ0n) is 13.0. The van der Waals surface area contributed by atoms with E-state index >= 15 is 0 Å². The van der Waals surface area contributed by atoms with Crippen LogP contribution in [0.15, 0.2) is 11.2 Å². The maximum absolute atomic E-state index is 12.4. The fourth-order valence-corrected chi connectivity index (χ4v) is 2.88. The van der Waals surface area contributed by atoms with Crippen LogP contribution in [0.5, 0.6) is 5.88 Å². The molecule has 0 radical (unpaired) electrons. The van der Waals surface area contributed by atoms with E-state index in [1.807, 2.05) is 13.0 Å². The summed E-state index contributed by atoms with van der Waals surface area (Å²) in [4.78, 5) is 22.2. The Kier molecular flexibility index (Phi) is 4.27. The quantitative estimate of drug-likeness (QED) is 0.901. The van der Waals surface area contributed by atoms with Crippen molar-refractivity contribution in [3.63, 3.8) is 0 Å². The summed E-state index contributed by atoms with van der Waals surface area (Å²) in [5.74, 6) is 0.226. The molecule has 1 aromatic heterocycles. The SMILES string of the molecule is CCC1=NO[C@H](CNC(=O)c2cc3c(nc2OC)CCC3)C1. The third-order valence-electron chi connectivity index (χ3n) is 4.15. The highest BCUT2D eigenvalue weighted by Gasteiger charge is 2.24. The number of fused-ring (bicyclic) bond motifs is 1. The molecule has 0 aromatic carbocycles. The van der Waals surface area contributed by atoms with E-state index in [-0.39, 0.29) is 12.0 Å². The first-order valence-electron chi connectivity index (χ1n) is 7.77. The second-order valence-electron chi connectivity index (χ2n) is 5.66. The van der Waals surface area contributed by atoms with Crippen molar-refractivity contribution in [2.75, 3.05) is 13.7 Å². The van der Waals surface area contributed by atoms with E-state index < -0.39 is 0 Å². The van der Waals surface area contributed by atoms with E-state index in [2.05, 4.69) is 15.5 Å². The lowest BCUT2D eigenvalue weighted by atomic mass is 10.1. The van der Waals surface area contributed by atoms with Gasteiger partial charge in [-0.3, -0.25) is 4.79 Å². The van der Waals surface area contributed by atoms with Gasteiger partial charge in [-0.2, -0.15) is 0 Å². The van der Waals surface area contributed by atoms with E-state index in [1.165, 1.54) is 0 Å². The number of hydrogen-bond donors (Lipinski definition) is 1. The van der Waals surface area contributed by atoms with E-state index in [0.29, 0.717) is 18.0 Å². The topological polar surface area (TPSA) is 72.8 Å². The molecule has 6 nitrogen and oxygen atoms in total. The minimum Gasteiger partial charge on any atom is -0.480 e. The van der Waals surface area contributed by atoms with Crippen LogP contribution in [0.1, 0.15) is 47.8 Å². The average molecular weight is 303 g/mol. The molecule has 1 aliphatic heterocycles. The molecule has 1 amide bonds. The number of rotatable bonds is 5. The molecule has 1 atom stereocenters. The van der Waals surface area contributed by atoms with Crippen molar-refractivity contribution in [1.82, 2.24) is 10.3 Å². The summed E-state index contributed by atoms with van der Waals surface area (Å²) in [6.07, 6.45) is 4.60. The van der Waals surface area contributed by atoms with E-state index in [1.54, 1.807) is 7.11 Å². The number of pyridine rings is 1. The molecule has 1 aromatic rings. The van der Waals surface area contributed by atoms with Crippen molar-refractivity contribution >= 4 is 11.6 Å². The molecule has 0 bridgehead atoms. The first-order chi connectivity index (χ1) is 10.7. The van der Waals surface area contributed by atoms with Crippen LogP contribution in [-0.2, 0) is 17.7 Å². The second kappa shape index (κ2) is 6.34. The summed E-state index contributed by atoms with van der Waals surface area (Å²) in [6.45, 7) is 2.48. The van der Waals surface area contributed by atoms with Crippen molar-refractivity contribution in [3.05, 3.63) is 22.9 Å². The van der Waals surface area contributed by atoms with Gasteiger partial charge in [-0.25, -0.2) is 4.98 Å². The number of aryl methyl sites for hydroxylation is 2. The Hall–Kier alpha value is -2.11. The van der Waals surface area contributed by atoms with Crippen LogP contribution in [0.2, 0.25) is 0 Å². The normalized spacial score (nSPS) is 19.4. The number of nitrogens with one attached hydrogen (secondary N) is 1. The van der Waals surface area contributed by atoms with Crippen LogP contribution in [0.4, 0.5) is 0 Å². The highest BCUT2D eigenvalue weighted by atomic mass is 16.6. The number of methoxy groups -OCH3 is 1. The first-order valence-corrected chi connectivity index (χ1v) is 7.77. The van der Waals surface area contributed by atoms with Crippen molar-refractivity contribution in [2.45, 2.75) is 45.1 Å². The summed E-state index contributed by atoms with van der Waals surface area (Å²) < 4.78 is 5.27. The molecule has 6 heteroatoms. The average Bonchev–Trinajstić information content (AvgIpc) is 3.19. The van der Waals surface area contributed by atoms with Gasteiger partial charge in [0.25, 0.3) is 5.91 Å². The zero-order chi connectivity index (χ0) is 15.5. The van der Waals surface area contributed by atoms with Crippen LogP contribution in [0.3, 0.4) is 0 Å². The number of carbonyl (C=O) groups is 1. The lowest BCUT2D eigenvalue weighted by Crippen LogP contribution is -2.32. The summed E-state index contributed by atoms with van der Waals surface area (Å²) in [7, 11) is 1.54. The van der Waals surface area contributed by atoms with Crippen LogP contribution < -0.4 is 10.1 Å².